The summed E-state index contributed by atoms with van der Waals surface area (Å²) in [6.07, 6.45) is 6.20. The molecule has 184 valence electrons. The topological polar surface area (TPSA) is 95.8 Å². The zero-order valence-corrected chi connectivity index (χ0v) is 20.5. The van der Waals surface area contributed by atoms with E-state index < -0.39 is 10.3 Å². The molecule has 8 nitrogen and oxygen atoms in total. The number of piperazine rings is 1. The van der Waals surface area contributed by atoms with Gasteiger partial charge in [-0.25, -0.2) is 0 Å². The van der Waals surface area contributed by atoms with Gasteiger partial charge in [-0.05, 0) is 67.9 Å². The summed E-state index contributed by atoms with van der Waals surface area (Å²) in [7, 11) is 0. The first-order valence-corrected chi connectivity index (χ1v) is 12.7. The number of rotatable bonds is 4. The fourth-order valence-electron chi connectivity index (χ4n) is 7.10. The monoisotopic (exact) mass is 468 g/mol. The lowest BCUT2D eigenvalue weighted by molar-refractivity contribution is -0.384. The summed E-state index contributed by atoms with van der Waals surface area (Å²) in [4.78, 5) is 41.0. The fourth-order valence-corrected chi connectivity index (χ4v) is 7.10. The van der Waals surface area contributed by atoms with Gasteiger partial charge in [-0.15, -0.1) is 0 Å². The van der Waals surface area contributed by atoms with Crippen molar-refractivity contribution in [1.29, 1.82) is 0 Å². The third-order valence-corrected chi connectivity index (χ3v) is 8.51. The Hall–Kier alpha value is -2.64. The highest BCUT2D eigenvalue weighted by atomic mass is 16.6. The van der Waals surface area contributed by atoms with Gasteiger partial charge in [0.25, 0.3) is 11.6 Å². The fraction of sp³-hybridized carbons (Fsp3) is 0.692. The maximum Gasteiger partial charge on any atom is 0.293 e. The van der Waals surface area contributed by atoms with Crippen molar-refractivity contribution in [3.05, 3.63) is 33.9 Å². The Morgan fingerprint density at radius 3 is 2.09 bits per heavy atom. The molecular formula is C26H36N4O4. The van der Waals surface area contributed by atoms with E-state index in [9.17, 15) is 19.7 Å². The van der Waals surface area contributed by atoms with Gasteiger partial charge >= 0.3 is 0 Å². The number of carbonyl (C=O) groups excluding carboxylic acids is 2. The van der Waals surface area contributed by atoms with Crippen molar-refractivity contribution >= 4 is 23.2 Å². The smallest absolute Gasteiger partial charge is 0.293 e. The predicted octanol–water partition coefficient (Wildman–Crippen LogP) is 3.84. The Balaban J connectivity index is 1.28. The summed E-state index contributed by atoms with van der Waals surface area (Å²) in [5.41, 5.74) is 0.374. The molecule has 1 aromatic rings. The molecule has 2 amide bonds. The highest BCUT2D eigenvalue weighted by Gasteiger charge is 2.48. The summed E-state index contributed by atoms with van der Waals surface area (Å²) in [5, 5.41) is 15.2. The van der Waals surface area contributed by atoms with Crippen LogP contribution < -0.4 is 10.2 Å². The van der Waals surface area contributed by atoms with E-state index in [0.29, 0.717) is 49.3 Å². The highest BCUT2D eigenvalue weighted by Crippen LogP contribution is 2.53. The second-order valence-corrected chi connectivity index (χ2v) is 11.9. The van der Waals surface area contributed by atoms with Crippen molar-refractivity contribution in [3.8, 4) is 0 Å². The molecule has 6 rings (SSSR count). The van der Waals surface area contributed by atoms with Crippen molar-refractivity contribution in [2.45, 2.75) is 58.9 Å². The Morgan fingerprint density at radius 2 is 1.56 bits per heavy atom. The predicted molar refractivity (Wildman–Crippen MR) is 130 cm³/mol. The third kappa shape index (κ3) is 4.27. The molecule has 0 unspecified atom stereocenters. The van der Waals surface area contributed by atoms with Crippen molar-refractivity contribution in [2.75, 3.05) is 31.1 Å². The average Bonchev–Trinajstić information content (AvgIpc) is 2.79. The van der Waals surface area contributed by atoms with Gasteiger partial charge in [0, 0.05) is 49.3 Å². The van der Waals surface area contributed by atoms with E-state index in [1.807, 2.05) is 30.6 Å². The van der Waals surface area contributed by atoms with Gasteiger partial charge < -0.3 is 15.1 Å². The van der Waals surface area contributed by atoms with Crippen molar-refractivity contribution in [2.24, 2.45) is 29.1 Å². The third-order valence-electron chi connectivity index (χ3n) is 8.51. The molecule has 5 fully saturated rings. The summed E-state index contributed by atoms with van der Waals surface area (Å²) in [6, 6.07) is 5.03. The van der Waals surface area contributed by atoms with Crippen LogP contribution in [0.15, 0.2) is 18.2 Å². The molecule has 1 aromatic carbocycles. The number of hydrogen-bond acceptors (Lipinski definition) is 5. The van der Waals surface area contributed by atoms with Crippen LogP contribution in [0.25, 0.3) is 0 Å². The molecule has 5 aliphatic rings. The van der Waals surface area contributed by atoms with Crippen molar-refractivity contribution in [3.63, 3.8) is 0 Å². The largest absolute Gasteiger partial charge is 0.362 e. The van der Waals surface area contributed by atoms with Gasteiger partial charge in [0.05, 0.1) is 4.92 Å². The Kier molecular flexibility index (Phi) is 5.81. The SMILES string of the molecule is CC(C)(C)C(=O)N1CCN(c2ccc(C(=O)NC3C4CC5CC(C4)CC3C5)cc2[N+](=O)[O-])CC1. The van der Waals surface area contributed by atoms with Crippen LogP contribution in [0.5, 0.6) is 0 Å². The van der Waals surface area contributed by atoms with Gasteiger partial charge in [-0.3, -0.25) is 19.7 Å². The number of nitrogens with one attached hydrogen (secondary N) is 1. The van der Waals surface area contributed by atoms with E-state index in [4.69, 9.17) is 0 Å². The number of nitrogens with zero attached hydrogens (tertiary/aromatic N) is 3. The number of anilines is 1. The minimum absolute atomic E-state index is 0.0478. The van der Waals surface area contributed by atoms with Crippen molar-refractivity contribution in [1.82, 2.24) is 10.2 Å². The standard InChI is InChI=1S/C26H36N4O4/c1-26(2,3)25(32)29-8-6-28(7-9-29)21-5-4-18(15-22(21)30(33)34)24(31)27-23-19-11-16-10-17(13-19)14-20(23)12-16/h4-5,15-17,19-20,23H,6-14H2,1-3H3,(H,27,31). The van der Waals surface area contributed by atoms with Gasteiger partial charge in [0.15, 0.2) is 0 Å². The molecular weight excluding hydrogens is 432 g/mol. The minimum Gasteiger partial charge on any atom is -0.362 e. The summed E-state index contributed by atoms with van der Waals surface area (Å²) in [5.74, 6) is 2.67. The van der Waals surface area contributed by atoms with E-state index >= 15 is 0 Å². The minimum atomic E-state index is -0.444. The van der Waals surface area contributed by atoms with Crippen LogP contribution in [-0.2, 0) is 4.79 Å². The Bertz CT molecular complexity index is 965. The Morgan fingerprint density at radius 1 is 0.971 bits per heavy atom. The lowest BCUT2D eigenvalue weighted by Gasteiger charge is -2.54. The molecule has 4 saturated carbocycles. The van der Waals surface area contributed by atoms with Gasteiger partial charge in [0.2, 0.25) is 5.91 Å². The molecule has 1 aliphatic heterocycles. The van der Waals surface area contributed by atoms with Gasteiger partial charge in [-0.2, -0.15) is 0 Å². The number of hydrogen-bond donors (Lipinski definition) is 1. The molecule has 8 heteroatoms. The summed E-state index contributed by atoms with van der Waals surface area (Å²) in [6.45, 7) is 7.83. The second-order valence-electron chi connectivity index (χ2n) is 11.9. The molecule has 0 radical (unpaired) electrons. The lowest BCUT2D eigenvalue weighted by Crippen LogP contribution is -2.55. The van der Waals surface area contributed by atoms with Crippen molar-refractivity contribution < 1.29 is 14.5 Å². The molecule has 0 atom stereocenters. The molecule has 1 heterocycles. The highest BCUT2D eigenvalue weighted by molar-refractivity contribution is 5.96. The number of amides is 2. The van der Waals surface area contributed by atoms with Gasteiger partial charge in [0.1, 0.15) is 5.69 Å². The zero-order valence-electron chi connectivity index (χ0n) is 20.5. The van der Waals surface area contributed by atoms with E-state index in [1.165, 1.54) is 38.2 Å². The average molecular weight is 469 g/mol. The number of benzene rings is 1. The first-order valence-electron chi connectivity index (χ1n) is 12.7. The molecule has 4 bridgehead atoms. The number of carbonyl (C=O) groups is 2. The van der Waals surface area contributed by atoms with Crippen LogP contribution in [-0.4, -0.2) is 53.9 Å². The van der Waals surface area contributed by atoms with E-state index in [-0.39, 0.29) is 23.5 Å². The number of nitro benzene ring substituents is 1. The lowest BCUT2D eigenvalue weighted by atomic mass is 9.54. The van der Waals surface area contributed by atoms with Crippen LogP contribution in [0.3, 0.4) is 0 Å². The zero-order chi connectivity index (χ0) is 24.2. The molecule has 34 heavy (non-hydrogen) atoms. The van der Waals surface area contributed by atoms with E-state index in [2.05, 4.69) is 5.32 Å². The van der Waals surface area contributed by atoms with Crippen LogP contribution in [0.4, 0.5) is 11.4 Å². The summed E-state index contributed by atoms with van der Waals surface area (Å²) < 4.78 is 0. The first-order chi connectivity index (χ1) is 16.1. The van der Waals surface area contributed by atoms with Crippen LogP contribution >= 0.6 is 0 Å². The maximum atomic E-state index is 13.1. The quantitative estimate of drug-likeness (QED) is 0.535. The molecule has 1 N–H and O–H groups in total. The maximum absolute atomic E-state index is 13.1. The Labute approximate surface area is 201 Å². The molecule has 0 aromatic heterocycles. The van der Waals surface area contributed by atoms with E-state index in [0.717, 1.165) is 11.8 Å². The molecule has 1 saturated heterocycles. The first kappa shape index (κ1) is 23.1. The summed E-state index contributed by atoms with van der Waals surface area (Å²) >= 11 is 0. The normalized spacial score (nSPS) is 30.4. The van der Waals surface area contributed by atoms with Gasteiger partial charge in [-0.1, -0.05) is 20.8 Å². The molecule has 0 spiro atoms. The number of nitro groups is 1. The molecule has 4 aliphatic carbocycles. The van der Waals surface area contributed by atoms with Crippen LogP contribution in [0.2, 0.25) is 0 Å². The van der Waals surface area contributed by atoms with E-state index in [1.54, 1.807) is 12.1 Å². The second kappa shape index (κ2) is 8.54. The van der Waals surface area contributed by atoms with Crippen LogP contribution in [0.1, 0.15) is 63.2 Å². The van der Waals surface area contributed by atoms with Crippen LogP contribution in [0, 0.1) is 39.2 Å².